The van der Waals surface area contributed by atoms with Gasteiger partial charge in [0.15, 0.2) is 0 Å². The number of rotatable bonds is 4. The van der Waals surface area contributed by atoms with Crippen molar-refractivity contribution in [3.63, 3.8) is 0 Å². The van der Waals surface area contributed by atoms with Gasteiger partial charge in [-0.25, -0.2) is 0 Å². The Morgan fingerprint density at radius 2 is 1.65 bits per heavy atom. The molecule has 2 nitrogen and oxygen atoms in total. The maximum Gasteiger partial charge on any atom is 0.0233 e. The van der Waals surface area contributed by atoms with Gasteiger partial charge in [0, 0.05) is 12.6 Å². The highest BCUT2D eigenvalue weighted by Crippen LogP contribution is 2.32. The topological polar surface area (TPSA) is 15.3 Å². The molecule has 1 aromatic carbocycles. The van der Waals surface area contributed by atoms with E-state index in [9.17, 15) is 0 Å². The number of nitrogens with zero attached hydrogens (tertiary/aromatic N) is 1. The van der Waals surface area contributed by atoms with E-state index in [-0.39, 0.29) is 0 Å². The summed E-state index contributed by atoms with van der Waals surface area (Å²) < 4.78 is 0. The first-order chi connectivity index (χ1) is 9.85. The fraction of sp³-hybridized carbons (Fsp3) is 0.667. The Balaban J connectivity index is 1.55. The predicted molar refractivity (Wildman–Crippen MR) is 85.0 cm³/mol. The summed E-state index contributed by atoms with van der Waals surface area (Å²) in [6.07, 6.45) is 8.11. The maximum atomic E-state index is 3.42. The largest absolute Gasteiger partial charge is 0.317 e. The van der Waals surface area contributed by atoms with Crippen molar-refractivity contribution in [1.82, 2.24) is 10.2 Å². The van der Waals surface area contributed by atoms with Gasteiger partial charge in [-0.05, 0) is 75.7 Å². The zero-order chi connectivity index (χ0) is 13.8. The van der Waals surface area contributed by atoms with E-state index in [0.717, 1.165) is 18.5 Å². The van der Waals surface area contributed by atoms with E-state index in [1.165, 1.54) is 57.2 Å². The number of hydrogen-bond donors (Lipinski definition) is 1. The van der Waals surface area contributed by atoms with Crippen molar-refractivity contribution in [3.05, 3.63) is 35.4 Å². The van der Waals surface area contributed by atoms with Gasteiger partial charge in [-0.15, -0.1) is 0 Å². The summed E-state index contributed by atoms with van der Waals surface area (Å²) in [5.74, 6) is 0.792. The second-order valence-electron chi connectivity index (χ2n) is 6.56. The SMILES string of the molecule is CN[C@H]1CC[C@H](c2ccc(CN3CCCC3)cc2)CC1. The number of likely N-dealkylation sites (tertiary alicyclic amines) is 1. The second kappa shape index (κ2) is 6.73. The molecule has 1 saturated heterocycles. The zero-order valence-corrected chi connectivity index (χ0v) is 12.8. The van der Waals surface area contributed by atoms with Crippen molar-refractivity contribution < 1.29 is 0 Å². The fourth-order valence-electron chi connectivity index (χ4n) is 3.81. The fourth-order valence-corrected chi connectivity index (χ4v) is 3.81. The van der Waals surface area contributed by atoms with E-state index in [0.29, 0.717) is 0 Å². The standard InChI is InChI=1S/C18H28N2/c1-19-18-10-8-17(9-11-18)16-6-4-15(5-7-16)14-20-12-2-3-13-20/h4-7,17-19H,2-3,8-14H2,1H3/t17-,18-. The first-order valence-corrected chi connectivity index (χ1v) is 8.33. The molecular formula is C18H28N2. The smallest absolute Gasteiger partial charge is 0.0233 e. The van der Waals surface area contributed by atoms with Gasteiger partial charge < -0.3 is 5.32 Å². The van der Waals surface area contributed by atoms with Crippen molar-refractivity contribution in [1.29, 1.82) is 0 Å². The third-order valence-corrected chi connectivity index (χ3v) is 5.19. The summed E-state index contributed by atoms with van der Waals surface area (Å²) in [6.45, 7) is 3.72. The Morgan fingerprint density at radius 3 is 2.25 bits per heavy atom. The van der Waals surface area contributed by atoms with Crippen LogP contribution in [0.5, 0.6) is 0 Å². The van der Waals surface area contributed by atoms with Gasteiger partial charge >= 0.3 is 0 Å². The monoisotopic (exact) mass is 272 g/mol. The normalized spacial score (nSPS) is 27.9. The Bertz CT molecular complexity index is 398. The summed E-state index contributed by atoms with van der Waals surface area (Å²) in [5, 5.41) is 3.42. The van der Waals surface area contributed by atoms with Gasteiger partial charge in [0.1, 0.15) is 0 Å². The molecule has 2 fully saturated rings. The summed E-state index contributed by atoms with van der Waals surface area (Å²) in [7, 11) is 2.10. The van der Waals surface area contributed by atoms with E-state index < -0.39 is 0 Å². The van der Waals surface area contributed by atoms with Crippen molar-refractivity contribution in [2.45, 2.75) is 57.0 Å². The van der Waals surface area contributed by atoms with Crippen LogP contribution in [0.4, 0.5) is 0 Å². The third-order valence-electron chi connectivity index (χ3n) is 5.19. The molecule has 0 unspecified atom stereocenters. The molecule has 1 heterocycles. The molecule has 1 aliphatic heterocycles. The molecule has 0 bridgehead atoms. The lowest BCUT2D eigenvalue weighted by Crippen LogP contribution is -2.29. The quantitative estimate of drug-likeness (QED) is 0.902. The Kier molecular flexibility index (Phi) is 4.74. The van der Waals surface area contributed by atoms with Crippen LogP contribution in [0, 0.1) is 0 Å². The number of hydrogen-bond acceptors (Lipinski definition) is 2. The molecule has 110 valence electrons. The van der Waals surface area contributed by atoms with Gasteiger partial charge in [-0.1, -0.05) is 24.3 Å². The predicted octanol–water partition coefficient (Wildman–Crippen LogP) is 3.53. The van der Waals surface area contributed by atoms with Crippen LogP contribution in [0.3, 0.4) is 0 Å². The second-order valence-corrected chi connectivity index (χ2v) is 6.56. The summed E-state index contributed by atoms with van der Waals surface area (Å²) in [5.41, 5.74) is 3.05. The Hall–Kier alpha value is -0.860. The van der Waals surface area contributed by atoms with E-state index in [1.54, 1.807) is 5.56 Å². The molecule has 0 radical (unpaired) electrons. The Labute approximate surface area is 123 Å². The van der Waals surface area contributed by atoms with Crippen LogP contribution >= 0.6 is 0 Å². The van der Waals surface area contributed by atoms with Gasteiger partial charge in [0.2, 0.25) is 0 Å². The lowest BCUT2D eigenvalue weighted by Gasteiger charge is -2.28. The molecule has 0 atom stereocenters. The van der Waals surface area contributed by atoms with Gasteiger partial charge in [-0.3, -0.25) is 4.90 Å². The highest BCUT2D eigenvalue weighted by molar-refractivity contribution is 5.26. The molecule has 1 aliphatic carbocycles. The molecule has 0 amide bonds. The van der Waals surface area contributed by atoms with E-state index in [2.05, 4.69) is 41.5 Å². The minimum absolute atomic E-state index is 0.751. The van der Waals surface area contributed by atoms with Crippen LogP contribution in [0.2, 0.25) is 0 Å². The van der Waals surface area contributed by atoms with Crippen LogP contribution in [-0.4, -0.2) is 31.1 Å². The molecule has 1 saturated carbocycles. The molecular weight excluding hydrogens is 244 g/mol. The van der Waals surface area contributed by atoms with E-state index >= 15 is 0 Å². The van der Waals surface area contributed by atoms with Crippen molar-refractivity contribution in [3.8, 4) is 0 Å². The molecule has 3 rings (SSSR count). The van der Waals surface area contributed by atoms with Crippen LogP contribution < -0.4 is 5.32 Å². The van der Waals surface area contributed by atoms with Crippen molar-refractivity contribution >= 4 is 0 Å². The van der Waals surface area contributed by atoms with Gasteiger partial charge in [-0.2, -0.15) is 0 Å². The highest BCUT2D eigenvalue weighted by Gasteiger charge is 2.21. The zero-order valence-electron chi connectivity index (χ0n) is 12.8. The van der Waals surface area contributed by atoms with Crippen LogP contribution in [0.25, 0.3) is 0 Å². The van der Waals surface area contributed by atoms with Crippen molar-refractivity contribution in [2.75, 3.05) is 20.1 Å². The van der Waals surface area contributed by atoms with Crippen LogP contribution in [0.15, 0.2) is 24.3 Å². The molecule has 0 aromatic heterocycles. The summed E-state index contributed by atoms with van der Waals surface area (Å²) >= 11 is 0. The molecule has 0 spiro atoms. The van der Waals surface area contributed by atoms with Gasteiger partial charge in [0.25, 0.3) is 0 Å². The molecule has 20 heavy (non-hydrogen) atoms. The first kappa shape index (κ1) is 14.1. The average molecular weight is 272 g/mol. The molecule has 1 aromatic rings. The Morgan fingerprint density at radius 1 is 1.00 bits per heavy atom. The minimum Gasteiger partial charge on any atom is -0.317 e. The van der Waals surface area contributed by atoms with Gasteiger partial charge in [0.05, 0.1) is 0 Å². The number of benzene rings is 1. The molecule has 1 N–H and O–H groups in total. The molecule has 2 aliphatic rings. The number of nitrogens with one attached hydrogen (secondary N) is 1. The highest BCUT2D eigenvalue weighted by atomic mass is 15.1. The first-order valence-electron chi connectivity index (χ1n) is 8.33. The lowest BCUT2D eigenvalue weighted by molar-refractivity contribution is 0.331. The van der Waals surface area contributed by atoms with E-state index in [1.807, 2.05) is 0 Å². The lowest BCUT2D eigenvalue weighted by atomic mass is 9.81. The van der Waals surface area contributed by atoms with Crippen LogP contribution in [-0.2, 0) is 6.54 Å². The average Bonchev–Trinajstić information content (AvgIpc) is 3.01. The minimum atomic E-state index is 0.751. The third kappa shape index (κ3) is 3.42. The summed E-state index contributed by atoms with van der Waals surface area (Å²) in [6, 6.07) is 10.2. The maximum absolute atomic E-state index is 3.42. The van der Waals surface area contributed by atoms with Crippen molar-refractivity contribution in [2.24, 2.45) is 0 Å². The van der Waals surface area contributed by atoms with Crippen LogP contribution in [0.1, 0.15) is 55.6 Å². The van der Waals surface area contributed by atoms with E-state index in [4.69, 9.17) is 0 Å². The molecule has 2 heteroatoms. The summed E-state index contributed by atoms with van der Waals surface area (Å²) in [4.78, 5) is 2.58.